The molecule has 2 rings (SSSR count). The van der Waals surface area contributed by atoms with Crippen LogP contribution in [0.3, 0.4) is 0 Å². The molecule has 1 aromatic rings. The zero-order chi connectivity index (χ0) is 19.3. The van der Waals surface area contributed by atoms with Crippen molar-refractivity contribution in [3.63, 3.8) is 0 Å². The van der Waals surface area contributed by atoms with Gasteiger partial charge in [-0.1, -0.05) is 24.6 Å². The maximum absolute atomic E-state index is 8.49. The van der Waals surface area contributed by atoms with Gasteiger partial charge in [0.05, 0.1) is 0 Å². The summed E-state index contributed by atoms with van der Waals surface area (Å²) in [6.45, 7) is 6.71. The fourth-order valence-electron chi connectivity index (χ4n) is 3.37. The van der Waals surface area contributed by atoms with E-state index in [9.17, 15) is 0 Å². The monoisotopic (exact) mass is 361 g/mol. The SMILES string of the molecule is CCC(N)(N(C(=N)N=C(N)N)c1ccc(C)cc1)N1CCNCC1CN. The van der Waals surface area contributed by atoms with Crippen LogP contribution in [0.15, 0.2) is 29.3 Å². The maximum Gasteiger partial charge on any atom is 0.228 e. The van der Waals surface area contributed by atoms with E-state index in [2.05, 4.69) is 15.2 Å². The average Bonchev–Trinajstić information content (AvgIpc) is 2.62. The van der Waals surface area contributed by atoms with Crippen molar-refractivity contribution in [3.8, 4) is 0 Å². The molecule has 1 fully saturated rings. The van der Waals surface area contributed by atoms with E-state index in [0.29, 0.717) is 19.5 Å². The molecule has 0 aromatic heterocycles. The second-order valence-corrected chi connectivity index (χ2v) is 6.55. The van der Waals surface area contributed by atoms with Crippen LogP contribution in [-0.4, -0.2) is 54.8 Å². The third-order valence-corrected chi connectivity index (χ3v) is 4.77. The Bertz CT molecular complexity index is 638. The van der Waals surface area contributed by atoms with E-state index in [1.54, 1.807) is 4.90 Å². The molecule has 9 nitrogen and oxygen atoms in total. The van der Waals surface area contributed by atoms with Crippen LogP contribution in [0.5, 0.6) is 0 Å². The Balaban J connectivity index is 2.53. The van der Waals surface area contributed by atoms with Gasteiger partial charge in [-0.2, -0.15) is 4.99 Å². The summed E-state index contributed by atoms with van der Waals surface area (Å²) in [7, 11) is 0. The van der Waals surface area contributed by atoms with Gasteiger partial charge in [-0.05, 0) is 25.5 Å². The summed E-state index contributed by atoms with van der Waals surface area (Å²) < 4.78 is 0. The number of aryl methyl sites for hydroxylation is 1. The zero-order valence-corrected chi connectivity index (χ0v) is 15.6. The summed E-state index contributed by atoms with van der Waals surface area (Å²) in [6, 6.07) is 7.83. The maximum atomic E-state index is 8.49. The Morgan fingerprint density at radius 2 is 2.04 bits per heavy atom. The summed E-state index contributed by atoms with van der Waals surface area (Å²) in [5.74, 6) is -1.27. The van der Waals surface area contributed by atoms with Gasteiger partial charge in [0.15, 0.2) is 11.7 Å². The standard InChI is InChI=1S/C17H31N9/c1-3-17(22,25-9-8-23-11-14(25)10-18)26(16(21)24-15(19)20)13-6-4-12(2)5-7-13/h4-7,14,23H,3,8-11,18,22H2,1-2H3,(H5,19,20,21,24). The minimum atomic E-state index is -0.989. The van der Waals surface area contributed by atoms with Gasteiger partial charge in [-0.15, -0.1) is 0 Å². The number of nitrogens with one attached hydrogen (secondary N) is 2. The normalized spacial score (nSPS) is 20.2. The molecule has 0 spiro atoms. The molecule has 9 heteroatoms. The van der Waals surface area contributed by atoms with Crippen molar-refractivity contribution in [3.05, 3.63) is 29.8 Å². The van der Waals surface area contributed by atoms with Gasteiger partial charge in [-0.25, -0.2) is 0 Å². The number of nitrogens with zero attached hydrogens (tertiary/aromatic N) is 3. The van der Waals surface area contributed by atoms with E-state index in [1.165, 1.54) is 0 Å². The highest BCUT2D eigenvalue weighted by atomic mass is 15.5. The first-order valence-corrected chi connectivity index (χ1v) is 8.85. The third-order valence-electron chi connectivity index (χ3n) is 4.77. The molecule has 0 radical (unpaired) electrons. The minimum Gasteiger partial charge on any atom is -0.370 e. The number of anilines is 1. The molecule has 1 aromatic carbocycles. The van der Waals surface area contributed by atoms with Crippen molar-refractivity contribution in [1.29, 1.82) is 5.41 Å². The number of guanidine groups is 2. The summed E-state index contributed by atoms with van der Waals surface area (Å²) >= 11 is 0. The molecular formula is C17H31N9. The second-order valence-electron chi connectivity index (χ2n) is 6.55. The van der Waals surface area contributed by atoms with Crippen LogP contribution in [0.4, 0.5) is 5.69 Å². The van der Waals surface area contributed by atoms with Crippen LogP contribution >= 0.6 is 0 Å². The van der Waals surface area contributed by atoms with Gasteiger partial charge in [0, 0.05) is 37.9 Å². The van der Waals surface area contributed by atoms with Gasteiger partial charge in [0.1, 0.15) is 0 Å². The van der Waals surface area contributed by atoms with Crippen molar-refractivity contribution < 1.29 is 0 Å². The van der Waals surface area contributed by atoms with Crippen molar-refractivity contribution in [2.45, 2.75) is 32.1 Å². The number of nitrogens with two attached hydrogens (primary N) is 4. The molecule has 0 aliphatic carbocycles. The van der Waals surface area contributed by atoms with Crippen LogP contribution in [-0.2, 0) is 0 Å². The van der Waals surface area contributed by atoms with Crippen LogP contribution in [0, 0.1) is 12.3 Å². The van der Waals surface area contributed by atoms with E-state index in [4.69, 9.17) is 28.3 Å². The fourth-order valence-corrected chi connectivity index (χ4v) is 3.37. The third kappa shape index (κ3) is 4.13. The van der Waals surface area contributed by atoms with E-state index >= 15 is 0 Å². The van der Waals surface area contributed by atoms with Gasteiger partial charge >= 0.3 is 0 Å². The Morgan fingerprint density at radius 1 is 1.38 bits per heavy atom. The number of rotatable bonds is 5. The van der Waals surface area contributed by atoms with Gasteiger partial charge in [0.2, 0.25) is 5.96 Å². The molecule has 144 valence electrons. The van der Waals surface area contributed by atoms with Crippen molar-refractivity contribution in [1.82, 2.24) is 10.2 Å². The Labute approximate surface area is 154 Å². The highest BCUT2D eigenvalue weighted by Gasteiger charge is 2.43. The van der Waals surface area contributed by atoms with E-state index in [-0.39, 0.29) is 18.0 Å². The first kappa shape index (κ1) is 20.1. The van der Waals surface area contributed by atoms with Gasteiger partial charge in [0.25, 0.3) is 0 Å². The smallest absolute Gasteiger partial charge is 0.228 e. The topological polar surface area (TPSA) is 159 Å². The number of aliphatic imine (C=N–C) groups is 1. The molecule has 26 heavy (non-hydrogen) atoms. The lowest BCUT2D eigenvalue weighted by molar-refractivity contribution is 0.0347. The minimum absolute atomic E-state index is 0.0497. The van der Waals surface area contributed by atoms with E-state index < -0.39 is 5.79 Å². The molecule has 1 aliphatic heterocycles. The number of hydrogen-bond donors (Lipinski definition) is 6. The van der Waals surface area contributed by atoms with Crippen LogP contribution in [0.25, 0.3) is 0 Å². The molecule has 0 bridgehead atoms. The molecule has 2 unspecified atom stereocenters. The average molecular weight is 361 g/mol. The highest BCUT2D eigenvalue weighted by Crippen LogP contribution is 2.29. The fraction of sp³-hybridized carbons (Fsp3) is 0.529. The predicted octanol–water partition coefficient (Wildman–Crippen LogP) is -0.735. The first-order chi connectivity index (χ1) is 12.3. The van der Waals surface area contributed by atoms with E-state index in [1.807, 2.05) is 38.1 Å². The van der Waals surface area contributed by atoms with Crippen molar-refractivity contribution in [2.24, 2.45) is 27.9 Å². The highest BCUT2D eigenvalue weighted by molar-refractivity contribution is 6.02. The Morgan fingerprint density at radius 3 is 2.58 bits per heavy atom. The molecule has 2 atom stereocenters. The van der Waals surface area contributed by atoms with Crippen molar-refractivity contribution >= 4 is 17.6 Å². The van der Waals surface area contributed by atoms with E-state index in [0.717, 1.165) is 24.3 Å². The lowest BCUT2D eigenvalue weighted by Crippen LogP contribution is -2.74. The Kier molecular flexibility index (Phi) is 6.54. The quantitative estimate of drug-likeness (QED) is 0.229. The predicted molar refractivity (Wildman–Crippen MR) is 107 cm³/mol. The number of piperazine rings is 1. The molecule has 1 heterocycles. The Hall–Kier alpha value is -2.20. The van der Waals surface area contributed by atoms with Crippen molar-refractivity contribution in [2.75, 3.05) is 31.1 Å². The number of hydrogen-bond acceptors (Lipinski definition) is 5. The zero-order valence-electron chi connectivity index (χ0n) is 15.6. The van der Waals surface area contributed by atoms with Gasteiger partial charge < -0.3 is 22.5 Å². The summed E-state index contributed by atoms with van der Waals surface area (Å²) in [6.07, 6.45) is 0.555. The van der Waals surface area contributed by atoms with Crippen LogP contribution < -0.4 is 33.2 Å². The number of benzene rings is 1. The molecule has 1 saturated heterocycles. The summed E-state index contributed by atoms with van der Waals surface area (Å²) in [4.78, 5) is 7.78. The molecule has 10 N–H and O–H groups in total. The molecule has 0 amide bonds. The molecule has 1 aliphatic rings. The van der Waals surface area contributed by atoms with Crippen LogP contribution in [0.2, 0.25) is 0 Å². The first-order valence-electron chi connectivity index (χ1n) is 8.85. The largest absolute Gasteiger partial charge is 0.370 e. The lowest BCUT2D eigenvalue weighted by atomic mass is 10.1. The lowest BCUT2D eigenvalue weighted by Gasteiger charge is -2.52. The molecule has 0 saturated carbocycles. The summed E-state index contributed by atoms with van der Waals surface area (Å²) in [5, 5.41) is 11.8. The van der Waals surface area contributed by atoms with Crippen LogP contribution in [0.1, 0.15) is 18.9 Å². The summed E-state index contributed by atoms with van der Waals surface area (Å²) in [5.41, 5.74) is 25.8. The second kappa shape index (κ2) is 8.45. The van der Waals surface area contributed by atoms with Gasteiger partial charge in [-0.3, -0.25) is 20.9 Å². The molecular weight excluding hydrogens is 330 g/mol.